The monoisotopic (exact) mass is 362 g/mol. The van der Waals surface area contributed by atoms with E-state index in [0.717, 1.165) is 17.7 Å². The summed E-state index contributed by atoms with van der Waals surface area (Å²) in [5.41, 5.74) is 10.0. The SMILES string of the molecule is CCCC(N)=C(C=Nc1cccc(C)c1)c1ccc(OC(F)(F)F)cc1. The van der Waals surface area contributed by atoms with Gasteiger partial charge in [0.1, 0.15) is 5.75 Å². The van der Waals surface area contributed by atoms with Gasteiger partial charge in [-0.1, -0.05) is 37.6 Å². The smallest absolute Gasteiger partial charge is 0.406 e. The van der Waals surface area contributed by atoms with Crippen LogP contribution in [0.5, 0.6) is 5.75 Å². The standard InChI is InChI=1S/C20H21F3N2O/c1-3-5-19(24)18(13-25-16-7-4-6-14(2)12-16)15-8-10-17(11-9-15)26-20(21,22)23/h4,6-13H,3,5,24H2,1-2H3. The largest absolute Gasteiger partial charge is 0.573 e. The quantitative estimate of drug-likeness (QED) is 0.664. The summed E-state index contributed by atoms with van der Waals surface area (Å²) in [7, 11) is 0. The van der Waals surface area contributed by atoms with Crippen LogP contribution in [0.4, 0.5) is 18.9 Å². The molecule has 0 heterocycles. The van der Waals surface area contributed by atoms with Crippen molar-refractivity contribution in [3.63, 3.8) is 0 Å². The lowest BCUT2D eigenvalue weighted by Crippen LogP contribution is -2.17. The molecule has 0 saturated carbocycles. The number of hydrogen-bond acceptors (Lipinski definition) is 3. The number of aryl methyl sites for hydroxylation is 1. The lowest BCUT2D eigenvalue weighted by Gasteiger charge is -2.11. The molecule has 0 saturated heterocycles. The van der Waals surface area contributed by atoms with Crippen molar-refractivity contribution in [1.82, 2.24) is 0 Å². The van der Waals surface area contributed by atoms with Crippen LogP contribution in [0.1, 0.15) is 30.9 Å². The number of aliphatic imine (C=N–C) groups is 1. The fourth-order valence-electron chi connectivity index (χ4n) is 2.43. The first kappa shape index (κ1) is 19.6. The third kappa shape index (κ3) is 5.95. The first-order chi connectivity index (χ1) is 12.3. The molecule has 0 aliphatic rings. The van der Waals surface area contributed by atoms with Crippen molar-refractivity contribution in [3.05, 3.63) is 65.4 Å². The van der Waals surface area contributed by atoms with Crippen LogP contribution in [-0.4, -0.2) is 12.6 Å². The van der Waals surface area contributed by atoms with Gasteiger partial charge in [0.15, 0.2) is 0 Å². The Hall–Kier alpha value is -2.76. The Morgan fingerprint density at radius 3 is 2.42 bits per heavy atom. The summed E-state index contributed by atoms with van der Waals surface area (Å²) in [5.74, 6) is -0.273. The van der Waals surface area contributed by atoms with Gasteiger partial charge in [0, 0.05) is 17.5 Å². The molecule has 0 unspecified atom stereocenters. The molecule has 0 radical (unpaired) electrons. The van der Waals surface area contributed by atoms with Crippen LogP contribution in [0.25, 0.3) is 5.57 Å². The molecule has 138 valence electrons. The number of halogens is 3. The third-order valence-corrected chi connectivity index (χ3v) is 3.61. The number of rotatable bonds is 6. The van der Waals surface area contributed by atoms with E-state index in [1.54, 1.807) is 18.3 Å². The maximum atomic E-state index is 12.3. The molecule has 0 spiro atoms. The minimum atomic E-state index is -4.71. The fourth-order valence-corrected chi connectivity index (χ4v) is 2.43. The molecule has 2 aromatic carbocycles. The second kappa shape index (κ2) is 8.56. The van der Waals surface area contributed by atoms with E-state index in [0.29, 0.717) is 23.3 Å². The van der Waals surface area contributed by atoms with Crippen LogP contribution in [0, 0.1) is 6.92 Å². The first-order valence-electron chi connectivity index (χ1n) is 8.24. The molecule has 2 rings (SSSR count). The number of alkyl halides is 3. The number of ether oxygens (including phenoxy) is 1. The van der Waals surface area contributed by atoms with Crippen molar-refractivity contribution < 1.29 is 17.9 Å². The minimum absolute atomic E-state index is 0.273. The van der Waals surface area contributed by atoms with Gasteiger partial charge in [-0.15, -0.1) is 13.2 Å². The number of nitrogens with zero attached hydrogens (tertiary/aromatic N) is 1. The van der Waals surface area contributed by atoms with Gasteiger partial charge in [0.05, 0.1) is 5.69 Å². The molecular formula is C20H21F3N2O. The predicted molar refractivity (Wildman–Crippen MR) is 98.5 cm³/mol. The second-order valence-corrected chi connectivity index (χ2v) is 5.86. The Bertz CT molecular complexity index is 793. The lowest BCUT2D eigenvalue weighted by atomic mass is 10.0. The highest BCUT2D eigenvalue weighted by atomic mass is 19.4. The summed E-state index contributed by atoms with van der Waals surface area (Å²) in [6, 6.07) is 13.3. The van der Waals surface area contributed by atoms with Crippen LogP contribution < -0.4 is 10.5 Å². The average Bonchev–Trinajstić information content (AvgIpc) is 2.55. The molecule has 2 N–H and O–H groups in total. The van der Waals surface area contributed by atoms with Crippen molar-refractivity contribution in [2.75, 3.05) is 0 Å². The Labute approximate surface area is 151 Å². The topological polar surface area (TPSA) is 47.6 Å². The molecule has 0 aromatic heterocycles. The molecule has 0 fully saturated rings. The molecule has 2 aromatic rings. The summed E-state index contributed by atoms with van der Waals surface area (Å²) in [4.78, 5) is 4.45. The molecule has 0 atom stereocenters. The zero-order valence-electron chi connectivity index (χ0n) is 14.7. The molecule has 26 heavy (non-hydrogen) atoms. The highest BCUT2D eigenvalue weighted by Gasteiger charge is 2.30. The van der Waals surface area contributed by atoms with Crippen LogP contribution >= 0.6 is 0 Å². The summed E-state index contributed by atoms with van der Waals surface area (Å²) in [6.45, 7) is 3.98. The van der Waals surface area contributed by atoms with E-state index in [1.807, 2.05) is 38.1 Å². The van der Waals surface area contributed by atoms with Gasteiger partial charge >= 0.3 is 6.36 Å². The van der Waals surface area contributed by atoms with Gasteiger partial charge in [0.2, 0.25) is 0 Å². The summed E-state index contributed by atoms with van der Waals surface area (Å²) in [5, 5.41) is 0. The Kier molecular flexibility index (Phi) is 6.44. The molecular weight excluding hydrogens is 341 g/mol. The van der Waals surface area contributed by atoms with E-state index in [-0.39, 0.29) is 5.75 Å². The van der Waals surface area contributed by atoms with Crippen LogP contribution in [0.2, 0.25) is 0 Å². The summed E-state index contributed by atoms with van der Waals surface area (Å²) < 4.78 is 40.8. The van der Waals surface area contributed by atoms with Gasteiger partial charge in [0.25, 0.3) is 0 Å². The van der Waals surface area contributed by atoms with Gasteiger partial charge < -0.3 is 10.5 Å². The number of benzene rings is 2. The van der Waals surface area contributed by atoms with E-state index < -0.39 is 6.36 Å². The molecule has 0 aliphatic heterocycles. The zero-order chi connectivity index (χ0) is 19.2. The number of nitrogens with two attached hydrogens (primary N) is 1. The highest BCUT2D eigenvalue weighted by Crippen LogP contribution is 2.26. The highest BCUT2D eigenvalue weighted by molar-refractivity contribution is 6.11. The Balaban J connectivity index is 2.32. The first-order valence-corrected chi connectivity index (χ1v) is 8.24. The Morgan fingerprint density at radius 1 is 1.15 bits per heavy atom. The van der Waals surface area contributed by atoms with Crippen molar-refractivity contribution in [1.29, 1.82) is 0 Å². The van der Waals surface area contributed by atoms with Gasteiger partial charge in [-0.3, -0.25) is 4.99 Å². The van der Waals surface area contributed by atoms with Crippen LogP contribution in [0.15, 0.2) is 59.2 Å². The van der Waals surface area contributed by atoms with Crippen molar-refractivity contribution in [3.8, 4) is 5.75 Å². The van der Waals surface area contributed by atoms with Gasteiger partial charge in [-0.2, -0.15) is 0 Å². The van der Waals surface area contributed by atoms with E-state index in [2.05, 4.69) is 9.73 Å². The third-order valence-electron chi connectivity index (χ3n) is 3.61. The fraction of sp³-hybridized carbons (Fsp3) is 0.250. The molecule has 0 bridgehead atoms. The van der Waals surface area contributed by atoms with Crippen molar-refractivity contribution in [2.45, 2.75) is 33.1 Å². The summed E-state index contributed by atoms with van der Waals surface area (Å²) in [6.07, 6.45) is -1.55. The van der Waals surface area contributed by atoms with Crippen LogP contribution in [-0.2, 0) is 0 Å². The predicted octanol–water partition coefficient (Wildman–Crippen LogP) is 5.77. The van der Waals surface area contributed by atoms with Gasteiger partial charge in [-0.05, 0) is 48.7 Å². The van der Waals surface area contributed by atoms with Crippen molar-refractivity contribution in [2.24, 2.45) is 10.7 Å². The summed E-state index contributed by atoms with van der Waals surface area (Å²) >= 11 is 0. The number of hydrogen-bond donors (Lipinski definition) is 1. The number of allylic oxidation sites excluding steroid dienone is 2. The van der Waals surface area contributed by atoms with E-state index in [4.69, 9.17) is 5.73 Å². The molecule has 0 aliphatic carbocycles. The maximum absolute atomic E-state index is 12.3. The molecule has 6 heteroatoms. The van der Waals surface area contributed by atoms with Crippen molar-refractivity contribution >= 4 is 17.5 Å². The van der Waals surface area contributed by atoms with E-state index >= 15 is 0 Å². The maximum Gasteiger partial charge on any atom is 0.573 e. The molecule has 0 amide bonds. The zero-order valence-corrected chi connectivity index (χ0v) is 14.7. The van der Waals surface area contributed by atoms with E-state index in [9.17, 15) is 13.2 Å². The van der Waals surface area contributed by atoms with Crippen LogP contribution in [0.3, 0.4) is 0 Å². The Morgan fingerprint density at radius 2 is 1.85 bits per heavy atom. The lowest BCUT2D eigenvalue weighted by molar-refractivity contribution is -0.274. The normalized spacial score (nSPS) is 13.0. The van der Waals surface area contributed by atoms with Gasteiger partial charge in [-0.25, -0.2) is 0 Å². The second-order valence-electron chi connectivity index (χ2n) is 5.86. The average molecular weight is 362 g/mol. The minimum Gasteiger partial charge on any atom is -0.406 e. The molecule has 3 nitrogen and oxygen atoms in total. The van der Waals surface area contributed by atoms with E-state index in [1.165, 1.54) is 12.1 Å².